The van der Waals surface area contributed by atoms with E-state index in [9.17, 15) is 4.79 Å². The van der Waals surface area contributed by atoms with Gasteiger partial charge in [0, 0.05) is 10.6 Å². The predicted octanol–water partition coefficient (Wildman–Crippen LogP) is 3.81. The highest BCUT2D eigenvalue weighted by Crippen LogP contribution is 2.21. The third-order valence-corrected chi connectivity index (χ3v) is 3.99. The quantitative estimate of drug-likeness (QED) is 0.736. The summed E-state index contributed by atoms with van der Waals surface area (Å²) in [6.07, 6.45) is 5.49. The molecule has 0 spiro atoms. The number of para-hydroxylation sites is 2. The molecule has 0 saturated heterocycles. The van der Waals surface area contributed by atoms with Crippen molar-refractivity contribution >= 4 is 28.5 Å². The largest absolute Gasteiger partial charge is 0.342 e. The number of carbonyl (C=O) groups is 1. The van der Waals surface area contributed by atoms with E-state index in [2.05, 4.69) is 16.2 Å². The number of benzene rings is 2. The molecule has 1 unspecified atom stereocenters. The zero-order chi connectivity index (χ0) is 17.1. The molecule has 3 aromatic rings. The van der Waals surface area contributed by atoms with Gasteiger partial charge in [-0.2, -0.15) is 0 Å². The van der Waals surface area contributed by atoms with E-state index < -0.39 is 0 Å². The molecule has 1 atom stereocenters. The Balaban J connectivity index is 1.91. The molecule has 3 rings (SSSR count). The summed E-state index contributed by atoms with van der Waals surface area (Å²) in [6.45, 7) is 2.28. The van der Waals surface area contributed by atoms with Crippen LogP contribution in [0.2, 0.25) is 5.02 Å². The fraction of sp³-hybridized carbons (Fsp3) is 0.158. The SMILES string of the molecule is C#CCn1c(C(C)NC(=O)c2cccc(Cl)c2)nc2ccccc21. The lowest BCUT2D eigenvalue weighted by atomic mass is 10.2. The number of rotatable bonds is 4. The molecular formula is C19H16ClN3O. The molecule has 0 saturated carbocycles. The maximum absolute atomic E-state index is 12.4. The summed E-state index contributed by atoms with van der Waals surface area (Å²) in [6, 6.07) is 14.3. The first kappa shape index (κ1) is 16.1. The van der Waals surface area contributed by atoms with Crippen LogP contribution in [-0.2, 0) is 6.54 Å². The van der Waals surface area contributed by atoms with Crippen LogP contribution in [0.4, 0.5) is 0 Å². The molecule has 4 nitrogen and oxygen atoms in total. The van der Waals surface area contributed by atoms with Gasteiger partial charge in [0.25, 0.3) is 5.91 Å². The zero-order valence-corrected chi connectivity index (χ0v) is 13.9. The van der Waals surface area contributed by atoms with Crippen LogP contribution >= 0.6 is 11.6 Å². The maximum Gasteiger partial charge on any atom is 0.251 e. The van der Waals surface area contributed by atoms with Crippen molar-refractivity contribution in [1.82, 2.24) is 14.9 Å². The highest BCUT2D eigenvalue weighted by atomic mass is 35.5. The van der Waals surface area contributed by atoms with Gasteiger partial charge in [-0.1, -0.05) is 35.7 Å². The molecule has 0 radical (unpaired) electrons. The highest BCUT2D eigenvalue weighted by Gasteiger charge is 2.18. The summed E-state index contributed by atoms with van der Waals surface area (Å²) in [5.41, 5.74) is 2.31. The summed E-state index contributed by atoms with van der Waals surface area (Å²) in [4.78, 5) is 17.0. The van der Waals surface area contributed by atoms with E-state index in [1.54, 1.807) is 24.3 Å². The Morgan fingerprint density at radius 1 is 1.33 bits per heavy atom. The average Bonchev–Trinajstić information content (AvgIpc) is 2.94. The summed E-state index contributed by atoms with van der Waals surface area (Å²) in [5.74, 6) is 3.16. The van der Waals surface area contributed by atoms with E-state index in [0.29, 0.717) is 17.1 Å². The molecule has 0 aliphatic heterocycles. The fourth-order valence-corrected chi connectivity index (χ4v) is 2.85. The molecule has 24 heavy (non-hydrogen) atoms. The normalized spacial score (nSPS) is 11.9. The molecule has 1 aromatic heterocycles. The first-order chi connectivity index (χ1) is 11.6. The molecular weight excluding hydrogens is 322 g/mol. The van der Waals surface area contributed by atoms with Crippen LogP contribution < -0.4 is 5.32 Å². The van der Waals surface area contributed by atoms with Crippen LogP contribution in [0.5, 0.6) is 0 Å². The molecule has 0 aliphatic carbocycles. The van der Waals surface area contributed by atoms with E-state index in [4.69, 9.17) is 18.0 Å². The first-order valence-electron chi connectivity index (χ1n) is 7.55. The maximum atomic E-state index is 12.4. The molecule has 0 aliphatic rings. The van der Waals surface area contributed by atoms with Crippen molar-refractivity contribution in [2.75, 3.05) is 0 Å². The number of nitrogens with one attached hydrogen (secondary N) is 1. The Bertz CT molecular complexity index is 939. The fourth-order valence-electron chi connectivity index (χ4n) is 2.66. The number of imidazole rings is 1. The molecule has 0 fully saturated rings. The third kappa shape index (κ3) is 3.12. The van der Waals surface area contributed by atoms with Gasteiger partial charge in [0.1, 0.15) is 5.82 Å². The van der Waals surface area contributed by atoms with Gasteiger partial charge in [-0.05, 0) is 37.3 Å². The number of nitrogens with zero attached hydrogens (tertiary/aromatic N) is 2. The average molecular weight is 338 g/mol. The Kier molecular flexibility index (Phi) is 4.54. The number of hydrogen-bond donors (Lipinski definition) is 1. The van der Waals surface area contributed by atoms with Gasteiger partial charge >= 0.3 is 0 Å². The standard InChI is InChI=1S/C19H16ClN3O/c1-3-11-23-17-10-5-4-9-16(17)22-18(23)13(2)21-19(24)14-7-6-8-15(20)12-14/h1,4-10,12-13H,11H2,2H3,(H,21,24). The topological polar surface area (TPSA) is 46.9 Å². The van der Waals surface area contributed by atoms with E-state index in [1.165, 1.54) is 0 Å². The van der Waals surface area contributed by atoms with Crippen LogP contribution in [0.3, 0.4) is 0 Å². The summed E-state index contributed by atoms with van der Waals surface area (Å²) >= 11 is 5.94. The van der Waals surface area contributed by atoms with Gasteiger partial charge in [0.2, 0.25) is 0 Å². The van der Waals surface area contributed by atoms with Gasteiger partial charge in [-0.25, -0.2) is 4.98 Å². The van der Waals surface area contributed by atoms with E-state index in [-0.39, 0.29) is 11.9 Å². The van der Waals surface area contributed by atoms with Gasteiger partial charge < -0.3 is 9.88 Å². The first-order valence-corrected chi connectivity index (χ1v) is 7.93. The van der Waals surface area contributed by atoms with Gasteiger partial charge in [-0.15, -0.1) is 6.42 Å². The number of amides is 1. The van der Waals surface area contributed by atoms with Crippen molar-refractivity contribution in [3.05, 3.63) is 64.9 Å². The Labute approximate surface area is 145 Å². The van der Waals surface area contributed by atoms with Gasteiger partial charge in [-0.3, -0.25) is 4.79 Å². The van der Waals surface area contributed by atoms with Crippen molar-refractivity contribution in [2.24, 2.45) is 0 Å². The van der Waals surface area contributed by atoms with Crippen molar-refractivity contribution in [3.63, 3.8) is 0 Å². The molecule has 1 amide bonds. The van der Waals surface area contributed by atoms with Gasteiger partial charge in [0.05, 0.1) is 23.6 Å². The van der Waals surface area contributed by atoms with Crippen LogP contribution in [0.15, 0.2) is 48.5 Å². The minimum absolute atomic E-state index is 0.204. The van der Waals surface area contributed by atoms with E-state index >= 15 is 0 Å². The van der Waals surface area contributed by atoms with Crippen LogP contribution in [0.1, 0.15) is 29.1 Å². The lowest BCUT2D eigenvalue weighted by molar-refractivity contribution is 0.0938. The Morgan fingerprint density at radius 2 is 2.12 bits per heavy atom. The molecule has 2 aromatic carbocycles. The zero-order valence-electron chi connectivity index (χ0n) is 13.2. The molecule has 1 heterocycles. The minimum atomic E-state index is -0.294. The van der Waals surface area contributed by atoms with Crippen molar-refractivity contribution in [3.8, 4) is 12.3 Å². The summed E-state index contributed by atoms with van der Waals surface area (Å²) in [5, 5.41) is 3.47. The predicted molar refractivity (Wildman–Crippen MR) is 95.9 cm³/mol. The Hall–Kier alpha value is -2.77. The number of aromatic nitrogens is 2. The Morgan fingerprint density at radius 3 is 2.88 bits per heavy atom. The number of carbonyl (C=O) groups excluding carboxylic acids is 1. The van der Waals surface area contributed by atoms with E-state index in [1.807, 2.05) is 35.8 Å². The number of fused-ring (bicyclic) bond motifs is 1. The van der Waals surface area contributed by atoms with Gasteiger partial charge in [0.15, 0.2) is 0 Å². The van der Waals surface area contributed by atoms with Crippen molar-refractivity contribution in [2.45, 2.75) is 19.5 Å². The van der Waals surface area contributed by atoms with Crippen molar-refractivity contribution < 1.29 is 4.79 Å². The van der Waals surface area contributed by atoms with Crippen LogP contribution in [0.25, 0.3) is 11.0 Å². The van der Waals surface area contributed by atoms with Crippen molar-refractivity contribution in [1.29, 1.82) is 0 Å². The summed E-state index contributed by atoms with van der Waals surface area (Å²) in [7, 11) is 0. The molecule has 1 N–H and O–H groups in total. The highest BCUT2D eigenvalue weighted by molar-refractivity contribution is 6.30. The van der Waals surface area contributed by atoms with Crippen LogP contribution in [0, 0.1) is 12.3 Å². The lowest BCUT2D eigenvalue weighted by Crippen LogP contribution is -2.28. The second-order valence-electron chi connectivity index (χ2n) is 5.45. The second-order valence-corrected chi connectivity index (χ2v) is 5.89. The number of hydrogen-bond acceptors (Lipinski definition) is 2. The molecule has 120 valence electrons. The van der Waals surface area contributed by atoms with E-state index in [0.717, 1.165) is 16.9 Å². The molecule has 0 bridgehead atoms. The third-order valence-electron chi connectivity index (χ3n) is 3.76. The second kappa shape index (κ2) is 6.77. The smallest absolute Gasteiger partial charge is 0.251 e. The minimum Gasteiger partial charge on any atom is -0.342 e. The van der Waals surface area contributed by atoms with Crippen LogP contribution in [-0.4, -0.2) is 15.5 Å². The summed E-state index contributed by atoms with van der Waals surface area (Å²) < 4.78 is 1.94. The number of halogens is 1. The monoisotopic (exact) mass is 337 g/mol. The molecule has 5 heteroatoms. The number of terminal acetylenes is 1. The lowest BCUT2D eigenvalue weighted by Gasteiger charge is -2.15.